The van der Waals surface area contributed by atoms with Crippen molar-refractivity contribution in [3.8, 4) is 0 Å². The number of benzene rings is 2. The highest BCUT2D eigenvalue weighted by molar-refractivity contribution is 5.46. The molecule has 2 aromatic rings. The summed E-state index contributed by atoms with van der Waals surface area (Å²) in [4.78, 5) is 2.56. The Morgan fingerprint density at radius 3 is 2.10 bits per heavy atom. The normalized spacial score (nSPS) is 15.6. The number of anilines is 1. The maximum atomic E-state index is 6.02. The van der Waals surface area contributed by atoms with E-state index in [9.17, 15) is 0 Å². The van der Waals surface area contributed by atoms with Crippen LogP contribution in [0.4, 0.5) is 5.69 Å². The van der Waals surface area contributed by atoms with Crippen LogP contribution in [0.3, 0.4) is 0 Å². The minimum absolute atomic E-state index is 0.922. The van der Waals surface area contributed by atoms with E-state index in [1.165, 1.54) is 29.5 Å². The van der Waals surface area contributed by atoms with Crippen LogP contribution in [0.5, 0.6) is 0 Å². The van der Waals surface area contributed by atoms with Gasteiger partial charge >= 0.3 is 0 Å². The molecule has 0 amide bonds. The molecular formula is C18H22N2. The van der Waals surface area contributed by atoms with Gasteiger partial charge in [-0.05, 0) is 42.0 Å². The molecule has 0 radical (unpaired) electrons. The molecule has 0 unspecified atom stereocenters. The van der Waals surface area contributed by atoms with Gasteiger partial charge in [0.15, 0.2) is 0 Å². The van der Waals surface area contributed by atoms with Crippen molar-refractivity contribution in [1.82, 2.24) is 4.90 Å². The highest BCUT2D eigenvalue weighted by Gasteiger charge is 2.13. The summed E-state index contributed by atoms with van der Waals surface area (Å²) in [5.41, 5.74) is 11.3. The SMILES string of the molecule is Nc1ccccc1CCN1CCc2ccccc2CC1. The highest BCUT2D eigenvalue weighted by atomic mass is 15.1. The Hall–Kier alpha value is -1.80. The van der Waals surface area contributed by atoms with Crippen molar-refractivity contribution in [2.24, 2.45) is 0 Å². The second kappa shape index (κ2) is 6.10. The van der Waals surface area contributed by atoms with Crippen molar-refractivity contribution < 1.29 is 0 Å². The van der Waals surface area contributed by atoms with Crippen LogP contribution in [0.25, 0.3) is 0 Å². The molecule has 0 saturated carbocycles. The van der Waals surface area contributed by atoms with Crippen molar-refractivity contribution in [2.45, 2.75) is 19.3 Å². The van der Waals surface area contributed by atoms with Crippen LogP contribution in [0.1, 0.15) is 16.7 Å². The Kier molecular flexibility index (Phi) is 4.03. The zero-order valence-electron chi connectivity index (χ0n) is 11.9. The zero-order valence-corrected chi connectivity index (χ0v) is 11.9. The molecule has 1 aliphatic rings. The first-order valence-corrected chi connectivity index (χ1v) is 7.45. The Bertz CT molecular complexity index is 550. The van der Waals surface area contributed by atoms with Gasteiger partial charge in [0.25, 0.3) is 0 Å². The molecule has 0 bridgehead atoms. The number of nitrogen functional groups attached to an aromatic ring is 1. The fourth-order valence-electron chi connectivity index (χ4n) is 2.98. The van der Waals surface area contributed by atoms with E-state index < -0.39 is 0 Å². The van der Waals surface area contributed by atoms with E-state index in [4.69, 9.17) is 5.73 Å². The number of rotatable bonds is 3. The van der Waals surface area contributed by atoms with Gasteiger partial charge in [-0.2, -0.15) is 0 Å². The van der Waals surface area contributed by atoms with Crippen LogP contribution in [0.15, 0.2) is 48.5 Å². The zero-order chi connectivity index (χ0) is 13.8. The van der Waals surface area contributed by atoms with E-state index in [0.717, 1.165) is 31.7 Å². The molecule has 2 nitrogen and oxygen atoms in total. The number of hydrogen-bond acceptors (Lipinski definition) is 2. The van der Waals surface area contributed by atoms with Gasteiger partial charge < -0.3 is 10.6 Å². The number of nitrogens with two attached hydrogens (primary N) is 1. The molecule has 0 aliphatic carbocycles. The topological polar surface area (TPSA) is 29.3 Å². The smallest absolute Gasteiger partial charge is 0.0347 e. The largest absolute Gasteiger partial charge is 0.399 e. The molecule has 0 aromatic heterocycles. The lowest BCUT2D eigenvalue weighted by molar-refractivity contribution is 0.291. The molecule has 1 aliphatic heterocycles. The summed E-state index contributed by atoms with van der Waals surface area (Å²) in [6, 6.07) is 17.1. The first-order valence-electron chi connectivity index (χ1n) is 7.45. The van der Waals surface area contributed by atoms with E-state index in [2.05, 4.69) is 41.3 Å². The number of hydrogen-bond donors (Lipinski definition) is 1. The Labute approximate surface area is 121 Å². The van der Waals surface area contributed by atoms with Crippen LogP contribution < -0.4 is 5.73 Å². The van der Waals surface area contributed by atoms with Crippen LogP contribution in [0, 0.1) is 0 Å². The van der Waals surface area contributed by atoms with E-state index in [1.807, 2.05) is 12.1 Å². The Balaban J connectivity index is 1.59. The summed E-state index contributed by atoms with van der Waals surface area (Å²) in [7, 11) is 0. The molecule has 0 spiro atoms. The molecule has 2 N–H and O–H groups in total. The van der Waals surface area contributed by atoms with Crippen molar-refractivity contribution in [2.75, 3.05) is 25.4 Å². The molecule has 0 atom stereocenters. The van der Waals surface area contributed by atoms with Crippen molar-refractivity contribution in [1.29, 1.82) is 0 Å². The third-order valence-corrected chi connectivity index (χ3v) is 4.27. The Morgan fingerprint density at radius 1 is 0.850 bits per heavy atom. The van der Waals surface area contributed by atoms with Gasteiger partial charge in [0.1, 0.15) is 0 Å². The Morgan fingerprint density at radius 2 is 1.45 bits per heavy atom. The average molecular weight is 266 g/mol. The lowest BCUT2D eigenvalue weighted by atomic mass is 10.0. The molecule has 0 fully saturated rings. The predicted molar refractivity (Wildman–Crippen MR) is 84.8 cm³/mol. The van der Waals surface area contributed by atoms with Gasteiger partial charge in [-0.3, -0.25) is 0 Å². The number of para-hydroxylation sites is 1. The quantitative estimate of drug-likeness (QED) is 0.866. The second-order valence-corrected chi connectivity index (χ2v) is 5.56. The minimum atomic E-state index is 0.922. The highest BCUT2D eigenvalue weighted by Crippen LogP contribution is 2.17. The summed E-state index contributed by atoms with van der Waals surface area (Å²) in [5.74, 6) is 0. The van der Waals surface area contributed by atoms with Crippen LogP contribution >= 0.6 is 0 Å². The summed E-state index contributed by atoms with van der Waals surface area (Å²) in [6.45, 7) is 3.41. The van der Waals surface area contributed by atoms with Crippen molar-refractivity contribution in [3.63, 3.8) is 0 Å². The van der Waals surface area contributed by atoms with E-state index in [0.29, 0.717) is 0 Å². The van der Waals surface area contributed by atoms with Crippen LogP contribution in [-0.2, 0) is 19.3 Å². The molecule has 2 aromatic carbocycles. The van der Waals surface area contributed by atoms with Gasteiger partial charge in [-0.1, -0.05) is 42.5 Å². The second-order valence-electron chi connectivity index (χ2n) is 5.56. The van der Waals surface area contributed by atoms with Crippen LogP contribution in [0.2, 0.25) is 0 Å². The predicted octanol–water partition coefficient (Wildman–Crippen LogP) is 2.91. The third kappa shape index (κ3) is 3.02. The molecule has 104 valence electrons. The summed E-state index contributed by atoms with van der Waals surface area (Å²) in [6.07, 6.45) is 3.38. The molecule has 2 heteroatoms. The maximum Gasteiger partial charge on any atom is 0.0347 e. The summed E-state index contributed by atoms with van der Waals surface area (Å²) >= 11 is 0. The average Bonchev–Trinajstić information content (AvgIpc) is 2.69. The van der Waals surface area contributed by atoms with E-state index in [-0.39, 0.29) is 0 Å². The van der Waals surface area contributed by atoms with Crippen molar-refractivity contribution >= 4 is 5.69 Å². The molecule has 20 heavy (non-hydrogen) atoms. The maximum absolute atomic E-state index is 6.02. The molecule has 0 saturated heterocycles. The first-order chi connectivity index (χ1) is 9.83. The minimum Gasteiger partial charge on any atom is -0.399 e. The summed E-state index contributed by atoms with van der Waals surface area (Å²) in [5, 5.41) is 0. The fraction of sp³-hybridized carbons (Fsp3) is 0.333. The lowest BCUT2D eigenvalue weighted by Gasteiger charge is -2.20. The standard InChI is InChI=1S/C18H22N2/c19-18-8-4-3-7-17(18)11-14-20-12-9-15-5-1-2-6-16(15)10-13-20/h1-8H,9-14,19H2. The van der Waals surface area contributed by atoms with E-state index >= 15 is 0 Å². The number of nitrogens with zero attached hydrogens (tertiary/aromatic N) is 1. The van der Waals surface area contributed by atoms with Gasteiger partial charge in [0, 0.05) is 25.3 Å². The van der Waals surface area contributed by atoms with Crippen LogP contribution in [-0.4, -0.2) is 24.5 Å². The lowest BCUT2D eigenvalue weighted by Crippen LogP contribution is -2.28. The molecule has 1 heterocycles. The van der Waals surface area contributed by atoms with Gasteiger partial charge in [-0.15, -0.1) is 0 Å². The van der Waals surface area contributed by atoms with Gasteiger partial charge in [0.2, 0.25) is 0 Å². The van der Waals surface area contributed by atoms with Gasteiger partial charge in [-0.25, -0.2) is 0 Å². The number of fused-ring (bicyclic) bond motifs is 1. The monoisotopic (exact) mass is 266 g/mol. The third-order valence-electron chi connectivity index (χ3n) is 4.27. The van der Waals surface area contributed by atoms with Gasteiger partial charge in [0.05, 0.1) is 0 Å². The molecular weight excluding hydrogens is 244 g/mol. The molecule has 3 rings (SSSR count). The summed E-state index contributed by atoms with van der Waals surface area (Å²) < 4.78 is 0. The van der Waals surface area contributed by atoms with E-state index in [1.54, 1.807) is 0 Å². The first kappa shape index (κ1) is 13.2. The van der Waals surface area contributed by atoms with Crippen molar-refractivity contribution in [3.05, 3.63) is 65.2 Å². The fourth-order valence-corrected chi connectivity index (χ4v) is 2.98.